The molecule has 0 unspecified atom stereocenters. The molecule has 5 nitrogen and oxygen atoms in total. The number of hydrogen-bond donors (Lipinski definition) is 2. The number of nitrogens with two attached hydrogens (primary N) is 1. The number of rotatable bonds is 6. The highest BCUT2D eigenvalue weighted by atomic mass is 32.2. The summed E-state index contributed by atoms with van der Waals surface area (Å²) in [6.45, 7) is 6.80. The Morgan fingerprint density at radius 2 is 1.95 bits per heavy atom. The molecule has 2 rings (SSSR count). The lowest BCUT2D eigenvalue weighted by atomic mass is 10.0. The van der Waals surface area contributed by atoms with Gasteiger partial charge in [-0.05, 0) is 42.9 Å². The average molecular weight is 326 g/mol. The smallest absolute Gasteiger partial charge is 0.209 e. The number of sulfonamides is 1. The summed E-state index contributed by atoms with van der Waals surface area (Å²) < 4.78 is 28.5. The Hall–Kier alpha value is -1.11. The first kappa shape index (κ1) is 17.2. The molecule has 1 aliphatic heterocycles. The van der Waals surface area contributed by atoms with E-state index < -0.39 is 10.0 Å². The summed E-state index contributed by atoms with van der Waals surface area (Å²) in [6, 6.07) is 8.34. The van der Waals surface area contributed by atoms with Gasteiger partial charge in [-0.1, -0.05) is 26.0 Å². The molecule has 1 saturated heterocycles. The molecule has 0 aliphatic carbocycles. The lowest BCUT2D eigenvalue weighted by molar-refractivity contribution is 0.252. The lowest BCUT2D eigenvalue weighted by Crippen LogP contribution is -2.38. The second-order valence-electron chi connectivity index (χ2n) is 6.53. The fraction of sp³-hybridized carbons (Fsp3) is 0.625. The molecule has 0 saturated carbocycles. The van der Waals surface area contributed by atoms with Crippen molar-refractivity contribution < 1.29 is 13.2 Å². The standard InChI is InChI=1S/C16H26N2O3S/c1-11(2)13-4-6-15(7-5-13)21-9-16-14(8-12(3)18-16)10-22(17,19)20/h4-7,11-12,14,16,18H,8-10H2,1-3H3,(H2,17,19,20)/t12-,14-,16+/m1/s1. The Labute approximate surface area is 133 Å². The van der Waals surface area contributed by atoms with E-state index in [1.165, 1.54) is 5.56 Å². The number of hydrogen-bond acceptors (Lipinski definition) is 4. The van der Waals surface area contributed by atoms with E-state index in [0.29, 0.717) is 12.5 Å². The lowest BCUT2D eigenvalue weighted by Gasteiger charge is -2.19. The zero-order valence-electron chi connectivity index (χ0n) is 13.5. The molecule has 124 valence electrons. The van der Waals surface area contributed by atoms with Gasteiger partial charge in [-0.2, -0.15) is 0 Å². The molecule has 1 heterocycles. The van der Waals surface area contributed by atoms with Crippen molar-refractivity contribution >= 4 is 10.0 Å². The highest BCUT2D eigenvalue weighted by Crippen LogP contribution is 2.24. The molecule has 0 bridgehead atoms. The van der Waals surface area contributed by atoms with E-state index in [-0.39, 0.29) is 23.8 Å². The van der Waals surface area contributed by atoms with Crippen molar-refractivity contribution in [3.8, 4) is 5.75 Å². The van der Waals surface area contributed by atoms with Gasteiger partial charge < -0.3 is 10.1 Å². The van der Waals surface area contributed by atoms with Crippen LogP contribution in [-0.4, -0.2) is 32.9 Å². The summed E-state index contributed by atoms with van der Waals surface area (Å²) in [4.78, 5) is 0. The minimum atomic E-state index is -3.46. The van der Waals surface area contributed by atoms with Crippen molar-refractivity contribution in [2.75, 3.05) is 12.4 Å². The van der Waals surface area contributed by atoms with Gasteiger partial charge in [-0.15, -0.1) is 0 Å². The normalized spacial score (nSPS) is 25.6. The monoisotopic (exact) mass is 326 g/mol. The first-order valence-corrected chi connectivity index (χ1v) is 9.45. The summed E-state index contributed by atoms with van der Waals surface area (Å²) in [5.74, 6) is 1.30. The predicted molar refractivity (Wildman–Crippen MR) is 88.5 cm³/mol. The first-order chi connectivity index (χ1) is 10.2. The summed E-state index contributed by atoms with van der Waals surface area (Å²) >= 11 is 0. The van der Waals surface area contributed by atoms with Gasteiger partial charge in [-0.3, -0.25) is 0 Å². The molecule has 0 spiro atoms. The van der Waals surface area contributed by atoms with Gasteiger partial charge >= 0.3 is 0 Å². The van der Waals surface area contributed by atoms with E-state index in [0.717, 1.165) is 12.2 Å². The maximum absolute atomic E-state index is 11.3. The number of benzene rings is 1. The second kappa shape index (κ2) is 6.98. The van der Waals surface area contributed by atoms with E-state index in [4.69, 9.17) is 9.88 Å². The molecule has 0 radical (unpaired) electrons. The van der Waals surface area contributed by atoms with Crippen LogP contribution in [-0.2, 0) is 10.0 Å². The van der Waals surface area contributed by atoms with Gasteiger partial charge in [-0.25, -0.2) is 13.6 Å². The van der Waals surface area contributed by atoms with Crippen molar-refractivity contribution in [1.82, 2.24) is 5.32 Å². The van der Waals surface area contributed by atoms with Crippen molar-refractivity contribution in [3.05, 3.63) is 29.8 Å². The molecule has 1 aliphatic rings. The van der Waals surface area contributed by atoms with Crippen LogP contribution < -0.4 is 15.2 Å². The van der Waals surface area contributed by atoms with Crippen molar-refractivity contribution in [2.24, 2.45) is 11.1 Å². The molecular formula is C16H26N2O3S. The van der Waals surface area contributed by atoms with E-state index in [9.17, 15) is 8.42 Å². The van der Waals surface area contributed by atoms with Crippen LogP contribution >= 0.6 is 0 Å². The van der Waals surface area contributed by atoms with E-state index in [1.54, 1.807) is 0 Å². The van der Waals surface area contributed by atoms with Crippen LogP contribution in [0, 0.1) is 5.92 Å². The Morgan fingerprint density at radius 1 is 1.32 bits per heavy atom. The van der Waals surface area contributed by atoms with Crippen molar-refractivity contribution in [2.45, 2.75) is 45.2 Å². The Morgan fingerprint density at radius 3 is 2.50 bits per heavy atom. The Kier molecular flexibility index (Phi) is 5.47. The molecule has 3 atom stereocenters. The molecule has 1 aromatic carbocycles. The number of nitrogens with one attached hydrogen (secondary N) is 1. The topological polar surface area (TPSA) is 81.4 Å². The SMILES string of the molecule is CC(C)c1ccc(OC[C@@H]2N[C@H](C)C[C@@H]2CS(N)(=O)=O)cc1. The van der Waals surface area contributed by atoms with Crippen LogP contribution in [0.2, 0.25) is 0 Å². The molecule has 1 fully saturated rings. The van der Waals surface area contributed by atoms with Gasteiger partial charge in [0, 0.05) is 12.1 Å². The third-order valence-electron chi connectivity index (χ3n) is 4.15. The molecular weight excluding hydrogens is 300 g/mol. The maximum atomic E-state index is 11.3. The van der Waals surface area contributed by atoms with Gasteiger partial charge in [0.05, 0.1) is 5.75 Å². The molecule has 3 N–H and O–H groups in total. The van der Waals surface area contributed by atoms with Crippen LogP contribution in [0.15, 0.2) is 24.3 Å². The molecule has 0 amide bonds. The Bertz CT molecular complexity index is 584. The van der Waals surface area contributed by atoms with Crippen LogP contribution in [0.25, 0.3) is 0 Å². The zero-order chi connectivity index (χ0) is 16.3. The predicted octanol–water partition coefficient (Wildman–Crippen LogP) is 1.84. The van der Waals surface area contributed by atoms with Gasteiger partial charge in [0.15, 0.2) is 0 Å². The highest BCUT2D eigenvalue weighted by Gasteiger charge is 2.34. The molecule has 0 aromatic heterocycles. The molecule has 22 heavy (non-hydrogen) atoms. The van der Waals surface area contributed by atoms with E-state index >= 15 is 0 Å². The number of ether oxygens (including phenoxy) is 1. The fourth-order valence-corrected chi connectivity index (χ4v) is 3.95. The quantitative estimate of drug-likeness (QED) is 0.836. The van der Waals surface area contributed by atoms with Crippen LogP contribution in [0.5, 0.6) is 5.75 Å². The second-order valence-corrected chi connectivity index (χ2v) is 8.19. The van der Waals surface area contributed by atoms with Crippen LogP contribution in [0.3, 0.4) is 0 Å². The Balaban J connectivity index is 1.94. The highest BCUT2D eigenvalue weighted by molar-refractivity contribution is 7.89. The van der Waals surface area contributed by atoms with Gasteiger partial charge in [0.1, 0.15) is 12.4 Å². The molecule has 6 heteroatoms. The largest absolute Gasteiger partial charge is 0.492 e. The van der Waals surface area contributed by atoms with Crippen molar-refractivity contribution in [1.29, 1.82) is 0 Å². The molecule has 1 aromatic rings. The van der Waals surface area contributed by atoms with Crippen LogP contribution in [0.1, 0.15) is 38.7 Å². The zero-order valence-corrected chi connectivity index (χ0v) is 14.3. The first-order valence-electron chi connectivity index (χ1n) is 7.74. The summed E-state index contributed by atoms with van der Waals surface area (Å²) in [7, 11) is -3.46. The van der Waals surface area contributed by atoms with Gasteiger partial charge in [0.25, 0.3) is 0 Å². The maximum Gasteiger partial charge on any atom is 0.209 e. The number of primary sulfonamides is 1. The third-order valence-corrected chi connectivity index (χ3v) is 5.04. The minimum Gasteiger partial charge on any atom is -0.492 e. The third kappa shape index (κ3) is 4.97. The fourth-order valence-electron chi connectivity index (χ4n) is 2.99. The van der Waals surface area contributed by atoms with Crippen molar-refractivity contribution in [3.63, 3.8) is 0 Å². The van der Waals surface area contributed by atoms with E-state index in [1.807, 2.05) is 19.1 Å². The summed E-state index contributed by atoms with van der Waals surface area (Å²) in [5.41, 5.74) is 1.27. The summed E-state index contributed by atoms with van der Waals surface area (Å²) in [5, 5.41) is 8.56. The van der Waals surface area contributed by atoms with Gasteiger partial charge in [0.2, 0.25) is 10.0 Å². The van der Waals surface area contributed by atoms with E-state index in [2.05, 4.69) is 31.3 Å². The van der Waals surface area contributed by atoms with Crippen LogP contribution in [0.4, 0.5) is 0 Å². The average Bonchev–Trinajstić information content (AvgIpc) is 2.74. The minimum absolute atomic E-state index is 0.0000581. The summed E-state index contributed by atoms with van der Waals surface area (Å²) in [6.07, 6.45) is 0.802.